The van der Waals surface area contributed by atoms with Crippen LogP contribution in [0.5, 0.6) is 5.75 Å². The minimum atomic E-state index is -0.556. The average molecular weight is 328 g/mol. The number of benzene rings is 1. The molecule has 1 aromatic carbocycles. The topological polar surface area (TPSA) is 84.9 Å². The fourth-order valence-electron chi connectivity index (χ4n) is 3.42. The molecule has 124 valence electrons. The van der Waals surface area contributed by atoms with Crippen LogP contribution in [0, 0.1) is 18.8 Å². The Morgan fingerprint density at radius 3 is 2.50 bits per heavy atom. The van der Waals surface area contributed by atoms with Crippen LogP contribution in [0.4, 0.5) is 0 Å². The number of carbonyl (C=O) groups excluding carboxylic acids is 3. The molecule has 24 heavy (non-hydrogen) atoms. The SMILES string of the molecule is Cc1cccc(OCC(=O)NN2C(=O)[C@@H]3[C@H](C2=O)[C@H]2C=C[C@H]3O2)c1. The second-order valence-corrected chi connectivity index (χ2v) is 6.15. The zero-order chi connectivity index (χ0) is 16.8. The highest BCUT2D eigenvalue weighted by Crippen LogP contribution is 2.44. The Labute approximate surface area is 138 Å². The van der Waals surface area contributed by atoms with Gasteiger partial charge in [0.05, 0.1) is 24.0 Å². The fraction of sp³-hybridized carbons (Fsp3) is 0.353. The van der Waals surface area contributed by atoms with Gasteiger partial charge in [0, 0.05) is 0 Å². The monoisotopic (exact) mass is 328 g/mol. The maximum atomic E-state index is 12.4. The van der Waals surface area contributed by atoms with Gasteiger partial charge in [0.25, 0.3) is 17.7 Å². The molecule has 0 radical (unpaired) electrons. The summed E-state index contributed by atoms with van der Waals surface area (Å²) in [5.74, 6) is -1.93. The van der Waals surface area contributed by atoms with Gasteiger partial charge in [-0.05, 0) is 24.6 Å². The van der Waals surface area contributed by atoms with E-state index in [2.05, 4.69) is 5.43 Å². The largest absolute Gasteiger partial charge is 0.484 e. The molecular formula is C17H16N2O5. The van der Waals surface area contributed by atoms with Crippen LogP contribution in [-0.4, -0.2) is 41.5 Å². The van der Waals surface area contributed by atoms with Crippen molar-refractivity contribution >= 4 is 17.7 Å². The predicted molar refractivity (Wildman–Crippen MR) is 81.5 cm³/mol. The molecule has 0 aromatic heterocycles. The molecule has 4 rings (SSSR count). The van der Waals surface area contributed by atoms with Crippen molar-refractivity contribution in [1.82, 2.24) is 10.4 Å². The van der Waals surface area contributed by atoms with Crippen LogP contribution in [0.25, 0.3) is 0 Å². The number of hydrogen-bond donors (Lipinski definition) is 1. The van der Waals surface area contributed by atoms with E-state index in [9.17, 15) is 14.4 Å². The molecular weight excluding hydrogens is 312 g/mol. The number of hydrogen-bond acceptors (Lipinski definition) is 5. The molecule has 3 aliphatic heterocycles. The van der Waals surface area contributed by atoms with Gasteiger partial charge in [-0.3, -0.25) is 19.8 Å². The first kappa shape index (κ1) is 14.9. The lowest BCUT2D eigenvalue weighted by Gasteiger charge is -2.18. The van der Waals surface area contributed by atoms with E-state index in [4.69, 9.17) is 9.47 Å². The summed E-state index contributed by atoms with van der Waals surface area (Å²) in [6, 6.07) is 7.26. The number of imide groups is 1. The second kappa shape index (κ2) is 5.45. The Hall–Kier alpha value is -2.67. The lowest BCUT2D eigenvalue weighted by atomic mass is 9.85. The summed E-state index contributed by atoms with van der Waals surface area (Å²) in [6.45, 7) is 1.63. The maximum absolute atomic E-state index is 12.4. The molecule has 0 spiro atoms. The Morgan fingerprint density at radius 2 is 1.88 bits per heavy atom. The third-order valence-electron chi connectivity index (χ3n) is 4.51. The minimum Gasteiger partial charge on any atom is -0.484 e. The van der Waals surface area contributed by atoms with Gasteiger partial charge in [-0.2, -0.15) is 5.01 Å². The Bertz CT molecular complexity index is 729. The summed E-state index contributed by atoms with van der Waals surface area (Å²) in [4.78, 5) is 36.8. The minimum absolute atomic E-state index is 0.280. The van der Waals surface area contributed by atoms with Gasteiger partial charge in [0.1, 0.15) is 5.75 Å². The van der Waals surface area contributed by atoms with Gasteiger partial charge < -0.3 is 9.47 Å². The van der Waals surface area contributed by atoms with Gasteiger partial charge >= 0.3 is 0 Å². The Kier molecular flexibility index (Phi) is 3.38. The normalized spacial score (nSPS) is 30.0. The molecule has 2 bridgehead atoms. The number of nitrogens with zero attached hydrogens (tertiary/aromatic N) is 1. The molecule has 0 saturated carbocycles. The number of rotatable bonds is 4. The molecule has 1 N–H and O–H groups in total. The van der Waals surface area contributed by atoms with Gasteiger partial charge in [0.2, 0.25) is 0 Å². The highest BCUT2D eigenvalue weighted by molar-refractivity contribution is 6.07. The van der Waals surface area contributed by atoms with E-state index in [1.165, 1.54) is 0 Å². The average Bonchev–Trinajstić information content (AvgIpc) is 3.23. The molecule has 3 aliphatic rings. The molecule has 3 heterocycles. The van der Waals surface area contributed by atoms with Crippen molar-refractivity contribution in [3.05, 3.63) is 42.0 Å². The lowest BCUT2D eigenvalue weighted by molar-refractivity contribution is -0.151. The van der Waals surface area contributed by atoms with Crippen molar-refractivity contribution in [2.45, 2.75) is 19.1 Å². The maximum Gasteiger partial charge on any atom is 0.276 e. The summed E-state index contributed by atoms with van der Waals surface area (Å²) in [6.07, 6.45) is 2.84. The van der Waals surface area contributed by atoms with E-state index in [1.807, 2.05) is 19.1 Å². The van der Waals surface area contributed by atoms with Gasteiger partial charge in [-0.25, -0.2) is 0 Å². The molecule has 1 aromatic rings. The van der Waals surface area contributed by atoms with E-state index < -0.39 is 29.6 Å². The van der Waals surface area contributed by atoms with Gasteiger partial charge in [0.15, 0.2) is 6.61 Å². The van der Waals surface area contributed by atoms with Crippen LogP contribution in [-0.2, 0) is 19.1 Å². The summed E-state index contributed by atoms with van der Waals surface area (Å²) < 4.78 is 10.9. The van der Waals surface area contributed by atoms with Crippen molar-refractivity contribution in [2.75, 3.05) is 6.61 Å². The highest BCUT2D eigenvalue weighted by Gasteiger charge is 2.61. The van der Waals surface area contributed by atoms with Crippen molar-refractivity contribution in [3.63, 3.8) is 0 Å². The first-order valence-electron chi connectivity index (χ1n) is 7.75. The molecule has 4 atom stereocenters. The van der Waals surface area contributed by atoms with Crippen LogP contribution in [0.3, 0.4) is 0 Å². The quantitative estimate of drug-likeness (QED) is 0.636. The molecule has 0 unspecified atom stereocenters. The van der Waals surface area contributed by atoms with Crippen LogP contribution < -0.4 is 10.2 Å². The first-order valence-corrected chi connectivity index (χ1v) is 7.75. The zero-order valence-corrected chi connectivity index (χ0v) is 13.0. The number of nitrogens with one attached hydrogen (secondary N) is 1. The van der Waals surface area contributed by atoms with Crippen LogP contribution in [0.1, 0.15) is 5.56 Å². The van der Waals surface area contributed by atoms with Crippen molar-refractivity contribution in [3.8, 4) is 5.75 Å². The van der Waals surface area contributed by atoms with Crippen LogP contribution >= 0.6 is 0 Å². The fourth-order valence-corrected chi connectivity index (χ4v) is 3.42. The molecule has 7 nitrogen and oxygen atoms in total. The van der Waals surface area contributed by atoms with Gasteiger partial charge in [-0.1, -0.05) is 24.3 Å². The summed E-state index contributed by atoms with van der Waals surface area (Å²) in [5.41, 5.74) is 3.36. The molecule has 3 amide bonds. The number of aryl methyl sites for hydroxylation is 1. The van der Waals surface area contributed by atoms with Crippen molar-refractivity contribution < 1.29 is 23.9 Å². The smallest absolute Gasteiger partial charge is 0.276 e. The first-order chi connectivity index (χ1) is 11.5. The summed E-state index contributed by atoms with van der Waals surface area (Å²) in [5, 5.41) is 0.812. The number of carbonyl (C=O) groups is 3. The summed E-state index contributed by atoms with van der Waals surface area (Å²) in [7, 11) is 0. The summed E-state index contributed by atoms with van der Waals surface area (Å²) >= 11 is 0. The van der Waals surface area contributed by atoms with E-state index in [0.717, 1.165) is 10.6 Å². The predicted octanol–water partition coefficient (Wildman–Crippen LogP) is 0.343. The van der Waals surface area contributed by atoms with E-state index in [0.29, 0.717) is 5.75 Å². The lowest BCUT2D eigenvalue weighted by Crippen LogP contribution is -2.49. The second-order valence-electron chi connectivity index (χ2n) is 6.15. The van der Waals surface area contributed by atoms with E-state index in [-0.39, 0.29) is 18.8 Å². The number of amides is 3. The Balaban J connectivity index is 1.38. The van der Waals surface area contributed by atoms with Gasteiger partial charge in [-0.15, -0.1) is 0 Å². The van der Waals surface area contributed by atoms with Crippen molar-refractivity contribution in [2.24, 2.45) is 11.8 Å². The molecule has 0 aliphatic carbocycles. The van der Waals surface area contributed by atoms with E-state index in [1.54, 1.807) is 24.3 Å². The number of ether oxygens (including phenoxy) is 2. The Morgan fingerprint density at radius 1 is 1.21 bits per heavy atom. The van der Waals surface area contributed by atoms with Crippen molar-refractivity contribution in [1.29, 1.82) is 0 Å². The molecule has 2 saturated heterocycles. The third-order valence-corrected chi connectivity index (χ3v) is 4.51. The third kappa shape index (κ3) is 2.28. The van der Waals surface area contributed by atoms with E-state index >= 15 is 0 Å². The highest BCUT2D eigenvalue weighted by atomic mass is 16.5. The number of hydrazine groups is 1. The number of fused-ring (bicyclic) bond motifs is 5. The standard InChI is InChI=1S/C17H16N2O5/c1-9-3-2-4-10(7-9)23-8-13(20)18-19-16(21)14-11-5-6-12(24-11)15(14)17(19)22/h2-7,11-12,14-15H,8H2,1H3,(H,18,20)/t11-,12-,14-,15+/m1/s1. The molecule has 2 fully saturated rings. The zero-order valence-electron chi connectivity index (χ0n) is 13.0. The van der Waals surface area contributed by atoms with Crippen LogP contribution in [0.2, 0.25) is 0 Å². The van der Waals surface area contributed by atoms with Crippen LogP contribution in [0.15, 0.2) is 36.4 Å². The molecule has 7 heteroatoms.